The molecular weight excluding hydrogens is 984 g/mol. The third-order valence-corrected chi connectivity index (χ3v) is 11.6. The first-order valence-electron chi connectivity index (χ1n) is 21.9. The molecule has 0 spiro atoms. The molecule has 0 saturated carbocycles. The Balaban J connectivity index is 1.24. The van der Waals surface area contributed by atoms with Crippen LogP contribution in [0.4, 0.5) is 0 Å². The zero-order valence-electron chi connectivity index (χ0n) is 38.2. The summed E-state index contributed by atoms with van der Waals surface area (Å²) in [4.78, 5) is 35.9. The summed E-state index contributed by atoms with van der Waals surface area (Å²) in [6, 6.07) is 9.36. The number of benzene rings is 3. The first kappa shape index (κ1) is 53.9. The van der Waals surface area contributed by atoms with E-state index < -0.39 is 159 Å². The lowest BCUT2D eigenvalue weighted by atomic mass is 9.98. The number of esters is 2. The SMILES string of the molecule is COc1cc(C=CC(=O)OC[C@H]2O[C@@H](Oc3cc4c(O[C@@H]5O[C@H](COC(=O)CC(=O)O)[C@@H](O)[C@H](O)[C@H]5O)cc(O)cc4[o+]c3-c3ccc(O)c(O)c3)[C@H](O[C@@H]3OC[C@@H](O)[C@H](O)[C@H]3O)[C@@H](O)[C@@H]2O)cc(OC)c1O. The summed E-state index contributed by atoms with van der Waals surface area (Å²) in [6.07, 6.45) is -25.1. The molecule has 27 nitrogen and oxygen atoms in total. The number of aliphatic hydroxyl groups excluding tert-OH is 8. The molecule has 0 unspecified atom stereocenters. The van der Waals surface area contributed by atoms with Crippen LogP contribution in [0.15, 0.2) is 59.0 Å². The highest BCUT2D eigenvalue weighted by atomic mass is 16.8. The zero-order chi connectivity index (χ0) is 53.0. The van der Waals surface area contributed by atoms with Gasteiger partial charge in [0.1, 0.15) is 97.6 Å². The van der Waals surface area contributed by atoms with Crippen LogP contribution in [-0.4, -0.2) is 204 Å². The number of carboxylic acids is 1. The minimum absolute atomic E-state index is 0.0236. The average molecular weight is 1040 g/mol. The van der Waals surface area contributed by atoms with E-state index in [1.807, 2.05) is 0 Å². The number of phenols is 4. The van der Waals surface area contributed by atoms with E-state index in [1.54, 1.807) is 0 Å². The van der Waals surface area contributed by atoms with Crippen molar-refractivity contribution >= 4 is 35.0 Å². The van der Waals surface area contributed by atoms with Crippen LogP contribution in [0.3, 0.4) is 0 Å². The van der Waals surface area contributed by atoms with Crippen LogP contribution in [0.25, 0.3) is 28.4 Å². The predicted molar refractivity (Wildman–Crippen MR) is 237 cm³/mol. The molecule has 1 aromatic heterocycles. The lowest BCUT2D eigenvalue weighted by Gasteiger charge is -2.44. The maximum Gasteiger partial charge on any atom is 0.402 e. The molecule has 3 aliphatic rings. The van der Waals surface area contributed by atoms with Gasteiger partial charge in [0.25, 0.3) is 0 Å². The Morgan fingerprint density at radius 3 is 1.96 bits per heavy atom. The van der Waals surface area contributed by atoms with Crippen molar-refractivity contribution < 1.29 is 133 Å². The highest BCUT2D eigenvalue weighted by Crippen LogP contribution is 2.44. The first-order valence-corrected chi connectivity index (χ1v) is 21.9. The largest absolute Gasteiger partial charge is 0.507 e. The summed E-state index contributed by atoms with van der Waals surface area (Å²) in [5.41, 5.74) is 0.0457. The number of methoxy groups -OCH3 is 2. The Bertz CT molecular complexity index is 2630. The van der Waals surface area contributed by atoms with E-state index in [9.17, 15) is 75.7 Å². The van der Waals surface area contributed by atoms with Crippen LogP contribution < -0.4 is 18.9 Å². The second-order valence-corrected chi connectivity index (χ2v) is 16.6. The van der Waals surface area contributed by atoms with Crippen LogP contribution in [0.2, 0.25) is 0 Å². The molecule has 0 radical (unpaired) electrons. The Hall–Kier alpha value is -6.86. The van der Waals surface area contributed by atoms with Gasteiger partial charge in [-0.25, -0.2) is 9.21 Å². The summed E-state index contributed by atoms with van der Waals surface area (Å²) < 4.78 is 61.9. The molecule has 3 fully saturated rings. The maximum atomic E-state index is 13.0. The number of rotatable bonds is 17. The van der Waals surface area contributed by atoms with Gasteiger partial charge in [-0.2, -0.15) is 0 Å². The number of hydrogen-bond acceptors (Lipinski definition) is 25. The molecule has 4 aromatic rings. The van der Waals surface area contributed by atoms with Gasteiger partial charge < -0.3 is 114 Å². The van der Waals surface area contributed by atoms with Crippen molar-refractivity contribution in [3.8, 4) is 57.3 Å². The number of fused-ring (bicyclic) bond motifs is 1. The lowest BCUT2D eigenvalue weighted by Crippen LogP contribution is -2.64. The van der Waals surface area contributed by atoms with E-state index in [0.29, 0.717) is 5.56 Å². The van der Waals surface area contributed by atoms with Crippen LogP contribution in [-0.2, 0) is 42.8 Å². The van der Waals surface area contributed by atoms with Gasteiger partial charge in [-0.15, -0.1) is 0 Å². The highest BCUT2D eigenvalue weighted by molar-refractivity contribution is 5.90. The molecule has 7 rings (SSSR count). The van der Waals surface area contributed by atoms with Crippen LogP contribution in [0, 0.1) is 0 Å². The number of carbonyl (C=O) groups excluding carboxylic acids is 2. The van der Waals surface area contributed by atoms with Crippen LogP contribution in [0.5, 0.6) is 46.0 Å². The van der Waals surface area contributed by atoms with Crippen molar-refractivity contribution in [2.75, 3.05) is 34.0 Å². The van der Waals surface area contributed by atoms with Crippen molar-refractivity contribution in [3.05, 3.63) is 60.2 Å². The number of carboxylic acid groups (broad SMARTS) is 1. The topological polar surface area (TPSA) is 418 Å². The van der Waals surface area contributed by atoms with Gasteiger partial charge in [0.2, 0.25) is 24.1 Å². The molecule has 3 aliphatic heterocycles. The molecule has 0 aliphatic carbocycles. The minimum atomic E-state index is -2.08. The second kappa shape index (κ2) is 22.9. The maximum absolute atomic E-state index is 13.0. The molecule has 3 aromatic carbocycles. The van der Waals surface area contributed by atoms with Crippen LogP contribution in [0.1, 0.15) is 12.0 Å². The Morgan fingerprint density at radius 1 is 0.671 bits per heavy atom. The zero-order valence-corrected chi connectivity index (χ0v) is 38.2. The summed E-state index contributed by atoms with van der Waals surface area (Å²) in [5.74, 6) is -6.94. The molecule has 14 atom stereocenters. The Labute approximate surface area is 410 Å². The highest BCUT2D eigenvalue weighted by Gasteiger charge is 2.51. The van der Waals surface area contributed by atoms with Crippen molar-refractivity contribution in [3.63, 3.8) is 0 Å². The molecule has 4 heterocycles. The number of ether oxygens (including phenoxy) is 10. The fourth-order valence-corrected chi connectivity index (χ4v) is 7.70. The predicted octanol–water partition coefficient (Wildman–Crippen LogP) is -1.67. The van der Waals surface area contributed by atoms with E-state index >= 15 is 0 Å². The van der Waals surface area contributed by atoms with E-state index in [2.05, 4.69) is 0 Å². The summed E-state index contributed by atoms with van der Waals surface area (Å²) in [6.45, 7) is -2.18. The van der Waals surface area contributed by atoms with Gasteiger partial charge in [-0.05, 0) is 35.9 Å². The fourth-order valence-electron chi connectivity index (χ4n) is 7.70. The van der Waals surface area contributed by atoms with Gasteiger partial charge in [-0.3, -0.25) is 9.59 Å². The van der Waals surface area contributed by atoms with Crippen LogP contribution >= 0.6 is 0 Å². The molecule has 27 heteroatoms. The molecule has 0 amide bonds. The average Bonchev–Trinajstić information content (AvgIpc) is 3.35. The van der Waals surface area contributed by atoms with E-state index in [0.717, 1.165) is 36.4 Å². The normalized spacial score (nSPS) is 29.3. The third kappa shape index (κ3) is 12.2. The van der Waals surface area contributed by atoms with Gasteiger partial charge in [0.15, 0.2) is 35.4 Å². The second-order valence-electron chi connectivity index (χ2n) is 16.6. The molecule has 73 heavy (non-hydrogen) atoms. The van der Waals surface area contributed by atoms with E-state index in [-0.39, 0.29) is 39.5 Å². The smallest absolute Gasteiger partial charge is 0.402 e. The van der Waals surface area contributed by atoms with Gasteiger partial charge in [-0.1, -0.05) is 0 Å². The number of carbonyl (C=O) groups is 3. The molecule has 396 valence electrons. The molecular formula is C46H51O27+. The number of hydrogen-bond donors (Lipinski definition) is 13. The van der Waals surface area contributed by atoms with Crippen molar-refractivity contribution in [1.82, 2.24) is 0 Å². The number of aromatic hydroxyl groups is 4. The van der Waals surface area contributed by atoms with Gasteiger partial charge in [0.05, 0.1) is 32.5 Å². The van der Waals surface area contributed by atoms with E-state index in [4.69, 9.17) is 56.9 Å². The number of aliphatic carboxylic acids is 1. The van der Waals surface area contributed by atoms with E-state index in [1.165, 1.54) is 38.5 Å². The number of phenolic OH excluding ortho intramolecular Hbond substituents is 4. The number of aliphatic hydroxyl groups is 8. The fraction of sp³-hybridized carbons (Fsp3) is 0.435. The van der Waals surface area contributed by atoms with Crippen molar-refractivity contribution in [2.24, 2.45) is 0 Å². The Kier molecular flexibility index (Phi) is 16.9. The quantitative estimate of drug-likeness (QED) is 0.0185. The van der Waals surface area contributed by atoms with Crippen molar-refractivity contribution in [2.45, 2.75) is 92.4 Å². The molecule has 13 N–H and O–H groups in total. The lowest BCUT2D eigenvalue weighted by molar-refractivity contribution is -0.345. The van der Waals surface area contributed by atoms with Gasteiger partial charge >= 0.3 is 29.3 Å². The van der Waals surface area contributed by atoms with Gasteiger partial charge in [0, 0.05) is 24.3 Å². The monoisotopic (exact) mass is 1040 g/mol. The molecule has 0 bridgehead atoms. The third-order valence-electron chi connectivity index (χ3n) is 11.6. The standard InChI is InChI=1S/C46H50O27/c1-63-26-7-17(8-27(64-2)35(26)56)3-6-32(53)65-15-30-37(58)39(60)43(73-44-40(61)34(55)23(50)14-67-44)46(72-30)70-28-12-20-24(68-42(28)18-4-5-21(48)22(49)9-18)10-19(47)11-25(20)69-45-41(62)38(59)36(57)29(71-45)16-66-33(54)13-31(51)52/h3-12,23,29-30,34,36-41,43-46,50,55,57-62H,13-16H2,1-2H3,(H4-,47,48,49,51,52,53,56)/p+1/t23-,29-,30-,34+,36-,37-,38+,39+,40-,41-,43-,44+,45-,46-/m1/s1. The molecule has 3 saturated heterocycles. The summed E-state index contributed by atoms with van der Waals surface area (Å²) >= 11 is 0. The minimum Gasteiger partial charge on any atom is -0.507 e. The Morgan fingerprint density at radius 2 is 1.30 bits per heavy atom. The summed E-state index contributed by atoms with van der Waals surface area (Å²) in [5, 5.41) is 137. The summed E-state index contributed by atoms with van der Waals surface area (Å²) in [7, 11) is 2.59. The van der Waals surface area contributed by atoms with Crippen molar-refractivity contribution in [1.29, 1.82) is 0 Å². The first-order chi connectivity index (χ1) is 34.7.